The van der Waals surface area contributed by atoms with Crippen LogP contribution >= 0.6 is 0 Å². The minimum atomic E-state index is -0.780. The van der Waals surface area contributed by atoms with Crippen molar-refractivity contribution in [2.24, 2.45) is 0 Å². The van der Waals surface area contributed by atoms with Gasteiger partial charge in [0.15, 0.2) is 0 Å². The second-order valence-corrected chi connectivity index (χ2v) is 6.04. The van der Waals surface area contributed by atoms with Gasteiger partial charge in [-0.25, -0.2) is 0 Å². The highest BCUT2D eigenvalue weighted by Gasteiger charge is 2.32. The minimum Gasteiger partial charge on any atom is -0.488 e. The molecular formula is C20H34O4. The van der Waals surface area contributed by atoms with Crippen LogP contribution in [0, 0.1) is 0 Å². The Balaban J connectivity index is 2.55. The number of para-hydroxylation sites is 1. The summed E-state index contributed by atoms with van der Waals surface area (Å²) in [7, 11) is 0. The third kappa shape index (κ3) is 8.67. The van der Waals surface area contributed by atoms with Crippen molar-refractivity contribution in [2.45, 2.75) is 64.6 Å². The zero-order chi connectivity index (χ0) is 17.5. The fourth-order valence-electron chi connectivity index (χ4n) is 2.72. The Morgan fingerprint density at radius 2 is 1.62 bits per heavy atom. The van der Waals surface area contributed by atoms with Gasteiger partial charge in [0.2, 0.25) is 5.79 Å². The molecular weight excluding hydrogens is 304 g/mol. The monoisotopic (exact) mass is 338 g/mol. The molecule has 0 aliphatic heterocycles. The van der Waals surface area contributed by atoms with Crippen molar-refractivity contribution in [3.8, 4) is 5.75 Å². The van der Waals surface area contributed by atoms with Crippen molar-refractivity contribution in [1.82, 2.24) is 0 Å². The van der Waals surface area contributed by atoms with Gasteiger partial charge in [-0.05, 0) is 25.5 Å². The number of aliphatic hydroxyl groups excluding tert-OH is 1. The normalized spacial score (nSPS) is 13.6. The summed E-state index contributed by atoms with van der Waals surface area (Å²) in [6.45, 7) is 5.31. The summed E-state index contributed by atoms with van der Waals surface area (Å²) >= 11 is 0. The molecule has 1 rings (SSSR count). The standard InChI is InChI=1S/C20H34O4/c1-3-5-6-7-8-12-15-20(23-4-2,24-17-16-21)18-22-19-13-10-9-11-14-19/h9-11,13-14,21H,3-8,12,15-18H2,1-2H3. The van der Waals surface area contributed by atoms with Crippen LogP contribution in [0.4, 0.5) is 0 Å². The lowest BCUT2D eigenvalue weighted by Crippen LogP contribution is -2.43. The molecule has 1 aromatic rings. The van der Waals surface area contributed by atoms with E-state index in [1.54, 1.807) is 0 Å². The molecule has 4 nitrogen and oxygen atoms in total. The molecule has 138 valence electrons. The van der Waals surface area contributed by atoms with Crippen LogP contribution in [-0.2, 0) is 9.47 Å². The van der Waals surface area contributed by atoms with Gasteiger partial charge in [-0.2, -0.15) is 0 Å². The molecule has 0 saturated carbocycles. The van der Waals surface area contributed by atoms with E-state index in [9.17, 15) is 0 Å². The maximum Gasteiger partial charge on any atom is 0.202 e. The Hall–Kier alpha value is -1.10. The van der Waals surface area contributed by atoms with Gasteiger partial charge in [0, 0.05) is 13.0 Å². The van der Waals surface area contributed by atoms with Crippen molar-refractivity contribution in [2.75, 3.05) is 26.4 Å². The summed E-state index contributed by atoms with van der Waals surface area (Å²) in [6.07, 6.45) is 8.07. The Morgan fingerprint density at radius 1 is 0.917 bits per heavy atom. The maximum atomic E-state index is 9.13. The second kappa shape index (κ2) is 13.2. The van der Waals surface area contributed by atoms with Crippen molar-refractivity contribution < 1.29 is 19.3 Å². The van der Waals surface area contributed by atoms with E-state index in [-0.39, 0.29) is 13.2 Å². The fourth-order valence-corrected chi connectivity index (χ4v) is 2.72. The molecule has 1 atom stereocenters. The minimum absolute atomic E-state index is 0.0172. The molecule has 0 radical (unpaired) electrons. The summed E-state index contributed by atoms with van der Waals surface area (Å²) in [6, 6.07) is 9.70. The van der Waals surface area contributed by atoms with Gasteiger partial charge in [-0.15, -0.1) is 0 Å². The molecule has 24 heavy (non-hydrogen) atoms. The predicted molar refractivity (Wildman–Crippen MR) is 97.3 cm³/mol. The van der Waals surface area contributed by atoms with Crippen molar-refractivity contribution >= 4 is 0 Å². The van der Waals surface area contributed by atoms with Gasteiger partial charge in [0.1, 0.15) is 12.4 Å². The fraction of sp³-hybridized carbons (Fsp3) is 0.700. The topological polar surface area (TPSA) is 47.9 Å². The molecule has 0 heterocycles. The number of aliphatic hydroxyl groups is 1. The molecule has 4 heteroatoms. The van der Waals surface area contributed by atoms with Gasteiger partial charge in [0.05, 0.1) is 13.2 Å². The SMILES string of the molecule is CCCCCCCCC(COc1ccccc1)(OCC)OCCO. The number of hydrogen-bond donors (Lipinski definition) is 1. The summed E-state index contributed by atoms with van der Waals surface area (Å²) in [5, 5.41) is 9.13. The molecule has 0 aliphatic rings. The van der Waals surface area contributed by atoms with Gasteiger partial charge in [-0.3, -0.25) is 0 Å². The first kappa shape index (κ1) is 20.9. The van der Waals surface area contributed by atoms with Gasteiger partial charge in [0.25, 0.3) is 0 Å². The zero-order valence-corrected chi connectivity index (χ0v) is 15.3. The van der Waals surface area contributed by atoms with Crippen molar-refractivity contribution in [3.63, 3.8) is 0 Å². The molecule has 0 saturated heterocycles. The second-order valence-electron chi connectivity index (χ2n) is 6.04. The molecule has 1 aromatic carbocycles. The summed E-state index contributed by atoms with van der Waals surface area (Å²) in [5.41, 5.74) is 0. The lowest BCUT2D eigenvalue weighted by atomic mass is 10.0. The van der Waals surface area contributed by atoms with E-state index in [0.717, 1.165) is 18.6 Å². The van der Waals surface area contributed by atoms with Crippen LogP contribution in [0.2, 0.25) is 0 Å². The van der Waals surface area contributed by atoms with Gasteiger partial charge >= 0.3 is 0 Å². The van der Waals surface area contributed by atoms with E-state index < -0.39 is 5.79 Å². The van der Waals surface area contributed by atoms with E-state index >= 15 is 0 Å². The van der Waals surface area contributed by atoms with Crippen molar-refractivity contribution in [1.29, 1.82) is 0 Å². The first-order valence-electron chi connectivity index (χ1n) is 9.33. The summed E-state index contributed by atoms with van der Waals surface area (Å²) in [4.78, 5) is 0. The smallest absolute Gasteiger partial charge is 0.202 e. The van der Waals surface area contributed by atoms with Crippen LogP contribution in [0.5, 0.6) is 5.75 Å². The lowest BCUT2D eigenvalue weighted by Gasteiger charge is -2.33. The molecule has 0 fully saturated rings. The molecule has 1 N–H and O–H groups in total. The Kier molecular flexibility index (Phi) is 11.5. The third-order valence-corrected chi connectivity index (χ3v) is 3.98. The Labute approximate surface area is 147 Å². The van der Waals surface area contributed by atoms with Gasteiger partial charge < -0.3 is 19.3 Å². The number of unbranched alkanes of at least 4 members (excludes halogenated alkanes) is 5. The molecule has 0 aliphatic carbocycles. The lowest BCUT2D eigenvalue weighted by molar-refractivity contribution is -0.255. The van der Waals surface area contributed by atoms with E-state index in [4.69, 9.17) is 19.3 Å². The van der Waals surface area contributed by atoms with E-state index in [2.05, 4.69) is 6.92 Å². The average molecular weight is 338 g/mol. The summed E-state index contributed by atoms with van der Waals surface area (Å²) in [5.74, 6) is 0.0232. The van der Waals surface area contributed by atoms with Crippen LogP contribution in [-0.4, -0.2) is 37.3 Å². The van der Waals surface area contributed by atoms with E-state index in [1.807, 2.05) is 37.3 Å². The average Bonchev–Trinajstić information content (AvgIpc) is 2.62. The quantitative estimate of drug-likeness (QED) is 0.376. The van der Waals surface area contributed by atoms with E-state index in [1.165, 1.54) is 32.1 Å². The number of benzene rings is 1. The first-order chi connectivity index (χ1) is 11.8. The molecule has 0 aromatic heterocycles. The van der Waals surface area contributed by atoms with E-state index in [0.29, 0.717) is 13.2 Å². The highest BCUT2D eigenvalue weighted by Crippen LogP contribution is 2.24. The first-order valence-corrected chi connectivity index (χ1v) is 9.33. The Bertz CT molecular complexity index is 396. The van der Waals surface area contributed by atoms with Crippen LogP contribution in [0.15, 0.2) is 30.3 Å². The molecule has 0 spiro atoms. The molecule has 1 unspecified atom stereocenters. The highest BCUT2D eigenvalue weighted by molar-refractivity contribution is 5.21. The third-order valence-electron chi connectivity index (χ3n) is 3.98. The van der Waals surface area contributed by atoms with Crippen LogP contribution in [0.3, 0.4) is 0 Å². The zero-order valence-electron chi connectivity index (χ0n) is 15.3. The number of ether oxygens (including phenoxy) is 3. The largest absolute Gasteiger partial charge is 0.488 e. The molecule has 0 bridgehead atoms. The Morgan fingerprint density at radius 3 is 2.29 bits per heavy atom. The maximum absolute atomic E-state index is 9.13. The van der Waals surface area contributed by atoms with Gasteiger partial charge in [-0.1, -0.05) is 57.2 Å². The summed E-state index contributed by atoms with van der Waals surface area (Å²) < 4.78 is 17.7. The molecule has 0 amide bonds. The number of hydrogen-bond acceptors (Lipinski definition) is 4. The highest BCUT2D eigenvalue weighted by atomic mass is 16.7. The van der Waals surface area contributed by atoms with Crippen molar-refractivity contribution in [3.05, 3.63) is 30.3 Å². The number of rotatable bonds is 15. The van der Waals surface area contributed by atoms with Crippen LogP contribution in [0.25, 0.3) is 0 Å². The van der Waals surface area contributed by atoms with Crippen LogP contribution < -0.4 is 4.74 Å². The predicted octanol–water partition coefficient (Wildman–Crippen LogP) is 4.56. The van der Waals surface area contributed by atoms with Crippen LogP contribution in [0.1, 0.15) is 58.8 Å².